The van der Waals surface area contributed by atoms with Crippen LogP contribution in [0.5, 0.6) is 28.7 Å². The second kappa shape index (κ2) is 13.8. The molecule has 0 bridgehead atoms. The second-order valence-corrected chi connectivity index (χ2v) is 9.05. The third-order valence-electron chi connectivity index (χ3n) is 5.86. The van der Waals surface area contributed by atoms with Gasteiger partial charge in [-0.2, -0.15) is 5.10 Å². The predicted molar refractivity (Wildman–Crippen MR) is 157 cm³/mol. The van der Waals surface area contributed by atoms with Gasteiger partial charge in [-0.1, -0.05) is 41.9 Å². The standard InChI is InChI=1S/C29H23ClN4O9/c1-40-26-14-20(8-10-25(26)42-17-18-6-4-3-5-7-18)29(35)32-31-16-19-12-22(30)28(27(13-19)41-2)43-24-11-9-21(33(36)37)15-23(24)34(38)39/h3-16H,17H2,1-2H3,(H,32,35)/b31-16+. The van der Waals surface area contributed by atoms with E-state index in [1.165, 1.54) is 38.6 Å². The minimum absolute atomic E-state index is 0.00407. The summed E-state index contributed by atoms with van der Waals surface area (Å²) < 4.78 is 22.1. The van der Waals surface area contributed by atoms with E-state index in [1.54, 1.807) is 12.1 Å². The zero-order valence-corrected chi connectivity index (χ0v) is 23.4. The van der Waals surface area contributed by atoms with Gasteiger partial charge >= 0.3 is 5.69 Å². The molecular formula is C29H23ClN4O9. The van der Waals surface area contributed by atoms with Crippen molar-refractivity contribution < 1.29 is 33.6 Å². The third-order valence-corrected chi connectivity index (χ3v) is 6.14. The first-order valence-electron chi connectivity index (χ1n) is 12.4. The molecule has 0 aliphatic heterocycles. The highest BCUT2D eigenvalue weighted by molar-refractivity contribution is 6.32. The van der Waals surface area contributed by atoms with E-state index in [2.05, 4.69) is 10.5 Å². The number of nitro groups is 2. The number of rotatable bonds is 12. The fraction of sp³-hybridized carbons (Fsp3) is 0.103. The van der Waals surface area contributed by atoms with Gasteiger partial charge in [-0.25, -0.2) is 5.43 Å². The van der Waals surface area contributed by atoms with Crippen molar-refractivity contribution in [2.24, 2.45) is 5.10 Å². The van der Waals surface area contributed by atoms with Crippen LogP contribution in [0.4, 0.5) is 11.4 Å². The predicted octanol–water partition coefficient (Wildman–Crippen LogP) is 6.31. The van der Waals surface area contributed by atoms with Gasteiger partial charge < -0.3 is 18.9 Å². The van der Waals surface area contributed by atoms with Crippen molar-refractivity contribution in [3.8, 4) is 28.7 Å². The number of methoxy groups -OCH3 is 2. The largest absolute Gasteiger partial charge is 0.493 e. The van der Waals surface area contributed by atoms with E-state index in [0.717, 1.165) is 23.8 Å². The van der Waals surface area contributed by atoms with Gasteiger partial charge in [-0.05, 0) is 47.5 Å². The van der Waals surface area contributed by atoms with Gasteiger partial charge in [0.1, 0.15) is 6.61 Å². The van der Waals surface area contributed by atoms with Gasteiger partial charge in [0.25, 0.3) is 11.6 Å². The van der Waals surface area contributed by atoms with Crippen LogP contribution in [-0.4, -0.2) is 36.2 Å². The summed E-state index contributed by atoms with van der Waals surface area (Å²) in [6.45, 7) is 0.327. The van der Waals surface area contributed by atoms with Crippen LogP contribution in [0.25, 0.3) is 0 Å². The number of nitrogens with zero attached hydrogens (tertiary/aromatic N) is 3. The quantitative estimate of drug-likeness (QED) is 0.110. The number of carbonyl (C=O) groups excluding carboxylic acids is 1. The van der Waals surface area contributed by atoms with Crippen molar-refractivity contribution in [3.05, 3.63) is 121 Å². The molecule has 4 aromatic rings. The third kappa shape index (κ3) is 7.54. The smallest absolute Gasteiger partial charge is 0.318 e. The summed E-state index contributed by atoms with van der Waals surface area (Å²) in [5.74, 6) is 0.0548. The lowest BCUT2D eigenvalue weighted by Gasteiger charge is -2.13. The Balaban J connectivity index is 1.46. The zero-order valence-electron chi connectivity index (χ0n) is 22.7. The summed E-state index contributed by atoms with van der Waals surface area (Å²) in [6, 6.07) is 20.1. The summed E-state index contributed by atoms with van der Waals surface area (Å²) in [4.78, 5) is 33.6. The Labute approximate surface area is 249 Å². The number of amides is 1. The number of hydrazone groups is 1. The number of nitro benzene ring substituents is 2. The molecule has 43 heavy (non-hydrogen) atoms. The SMILES string of the molecule is COc1cc(C(=O)N/N=C/c2cc(Cl)c(Oc3ccc([N+](=O)[O-])cc3[N+](=O)[O-])c(OC)c2)ccc1OCc1ccccc1. The molecule has 0 spiro atoms. The number of hydrogen-bond acceptors (Lipinski definition) is 10. The molecule has 0 saturated heterocycles. The maximum Gasteiger partial charge on any atom is 0.318 e. The van der Waals surface area contributed by atoms with Crippen LogP contribution in [-0.2, 0) is 6.61 Å². The Morgan fingerprint density at radius 1 is 0.884 bits per heavy atom. The summed E-state index contributed by atoms with van der Waals surface area (Å²) >= 11 is 6.37. The highest BCUT2D eigenvalue weighted by Crippen LogP contribution is 2.42. The van der Waals surface area contributed by atoms with E-state index in [-0.39, 0.29) is 27.8 Å². The molecule has 0 radical (unpaired) electrons. The molecule has 0 aliphatic carbocycles. The molecule has 13 nitrogen and oxygen atoms in total. The molecule has 0 saturated carbocycles. The van der Waals surface area contributed by atoms with Crippen LogP contribution in [0, 0.1) is 20.2 Å². The van der Waals surface area contributed by atoms with Gasteiger partial charge in [0, 0.05) is 11.6 Å². The van der Waals surface area contributed by atoms with Gasteiger partial charge in [0.05, 0.1) is 41.4 Å². The van der Waals surface area contributed by atoms with Crippen LogP contribution < -0.4 is 24.4 Å². The highest BCUT2D eigenvalue weighted by Gasteiger charge is 2.23. The van der Waals surface area contributed by atoms with Crippen LogP contribution in [0.3, 0.4) is 0 Å². The first-order chi connectivity index (χ1) is 20.7. The number of hydrogen-bond donors (Lipinski definition) is 1. The summed E-state index contributed by atoms with van der Waals surface area (Å²) in [7, 11) is 2.79. The monoisotopic (exact) mass is 606 g/mol. The molecule has 0 atom stereocenters. The number of nitrogens with one attached hydrogen (secondary N) is 1. The summed E-state index contributed by atoms with van der Waals surface area (Å²) in [6.07, 6.45) is 1.30. The first kappa shape index (κ1) is 30.3. The number of halogens is 1. The van der Waals surface area contributed by atoms with Gasteiger partial charge in [-0.15, -0.1) is 0 Å². The number of non-ortho nitro benzene ring substituents is 1. The van der Waals surface area contributed by atoms with E-state index >= 15 is 0 Å². The molecule has 4 aromatic carbocycles. The lowest BCUT2D eigenvalue weighted by atomic mass is 10.2. The highest BCUT2D eigenvalue weighted by atomic mass is 35.5. The fourth-order valence-corrected chi connectivity index (χ4v) is 4.02. The first-order valence-corrected chi connectivity index (χ1v) is 12.7. The summed E-state index contributed by atoms with van der Waals surface area (Å²) in [5, 5.41) is 26.4. The molecule has 4 rings (SSSR count). The average molecular weight is 607 g/mol. The summed E-state index contributed by atoms with van der Waals surface area (Å²) in [5.41, 5.74) is 2.95. The maximum absolute atomic E-state index is 12.7. The Kier molecular flexibility index (Phi) is 9.70. The zero-order chi connectivity index (χ0) is 30.9. The molecule has 1 N–H and O–H groups in total. The maximum atomic E-state index is 12.7. The molecule has 220 valence electrons. The number of ether oxygens (including phenoxy) is 4. The van der Waals surface area contributed by atoms with Crippen molar-refractivity contribution in [2.45, 2.75) is 6.61 Å². The van der Waals surface area contributed by atoms with Crippen LogP contribution in [0.2, 0.25) is 5.02 Å². The lowest BCUT2D eigenvalue weighted by molar-refractivity contribution is -0.394. The number of benzene rings is 4. The second-order valence-electron chi connectivity index (χ2n) is 8.64. The Morgan fingerprint density at radius 3 is 2.28 bits per heavy atom. The molecule has 0 aromatic heterocycles. The fourth-order valence-electron chi connectivity index (χ4n) is 3.77. The van der Waals surface area contributed by atoms with E-state index in [9.17, 15) is 25.0 Å². The minimum Gasteiger partial charge on any atom is -0.493 e. The van der Waals surface area contributed by atoms with Gasteiger partial charge in [-0.3, -0.25) is 25.0 Å². The topological polar surface area (TPSA) is 165 Å². The van der Waals surface area contributed by atoms with E-state index in [4.69, 9.17) is 30.5 Å². The van der Waals surface area contributed by atoms with Crippen molar-refractivity contribution in [1.82, 2.24) is 5.43 Å². The van der Waals surface area contributed by atoms with E-state index in [0.29, 0.717) is 23.7 Å². The number of carbonyl (C=O) groups is 1. The normalized spacial score (nSPS) is 10.7. The van der Waals surface area contributed by atoms with E-state index < -0.39 is 27.1 Å². The van der Waals surface area contributed by atoms with E-state index in [1.807, 2.05) is 30.3 Å². The molecule has 0 fully saturated rings. The lowest BCUT2D eigenvalue weighted by Crippen LogP contribution is -2.17. The van der Waals surface area contributed by atoms with Crippen LogP contribution >= 0.6 is 11.6 Å². The minimum atomic E-state index is -0.812. The van der Waals surface area contributed by atoms with Gasteiger partial charge in [0.2, 0.25) is 5.75 Å². The molecule has 0 heterocycles. The van der Waals surface area contributed by atoms with Crippen molar-refractivity contribution in [2.75, 3.05) is 14.2 Å². The molecule has 14 heteroatoms. The van der Waals surface area contributed by atoms with Crippen molar-refractivity contribution in [3.63, 3.8) is 0 Å². The average Bonchev–Trinajstić information content (AvgIpc) is 3.01. The van der Waals surface area contributed by atoms with Crippen molar-refractivity contribution in [1.29, 1.82) is 0 Å². The Morgan fingerprint density at radius 2 is 1.60 bits per heavy atom. The Bertz CT molecular complexity index is 1700. The molecule has 1 amide bonds. The Hall–Kier alpha value is -5.69. The van der Waals surface area contributed by atoms with Crippen LogP contribution in [0.1, 0.15) is 21.5 Å². The molecule has 0 unspecified atom stereocenters. The van der Waals surface area contributed by atoms with Gasteiger partial charge in [0.15, 0.2) is 23.0 Å². The van der Waals surface area contributed by atoms with Crippen LogP contribution in [0.15, 0.2) is 84.0 Å². The molecular weight excluding hydrogens is 584 g/mol. The molecule has 0 aliphatic rings. The van der Waals surface area contributed by atoms with Crippen molar-refractivity contribution >= 4 is 35.1 Å².